The summed E-state index contributed by atoms with van der Waals surface area (Å²) in [5.41, 5.74) is 1.82. The first-order chi connectivity index (χ1) is 14.3. The molecule has 1 amide bonds. The van der Waals surface area contributed by atoms with Crippen LogP contribution in [-0.4, -0.2) is 32.9 Å². The largest absolute Gasteiger partial charge is 0.449 e. The van der Waals surface area contributed by atoms with Gasteiger partial charge >= 0.3 is 5.97 Å². The van der Waals surface area contributed by atoms with E-state index in [0.29, 0.717) is 11.2 Å². The number of nitro groups is 1. The van der Waals surface area contributed by atoms with Crippen molar-refractivity contribution in [3.05, 3.63) is 75.6 Å². The van der Waals surface area contributed by atoms with E-state index >= 15 is 0 Å². The van der Waals surface area contributed by atoms with E-state index in [1.807, 2.05) is 18.2 Å². The lowest BCUT2D eigenvalue weighted by molar-refractivity contribution is -0.384. The van der Waals surface area contributed by atoms with E-state index < -0.39 is 22.9 Å². The molecule has 1 heterocycles. The second-order valence-electron chi connectivity index (χ2n) is 6.11. The van der Waals surface area contributed by atoms with Gasteiger partial charge in [0.15, 0.2) is 6.10 Å². The Labute approximate surface area is 175 Å². The van der Waals surface area contributed by atoms with E-state index in [9.17, 15) is 19.7 Å². The zero-order valence-electron chi connectivity index (χ0n) is 15.6. The van der Waals surface area contributed by atoms with Crippen LogP contribution in [0.15, 0.2) is 54.7 Å². The van der Waals surface area contributed by atoms with E-state index in [1.165, 1.54) is 31.3 Å². The zero-order valence-corrected chi connectivity index (χ0v) is 16.4. The van der Waals surface area contributed by atoms with Crippen LogP contribution in [0.5, 0.6) is 0 Å². The van der Waals surface area contributed by atoms with Crippen LogP contribution in [0.25, 0.3) is 17.1 Å². The Morgan fingerprint density at radius 1 is 1.23 bits per heavy atom. The van der Waals surface area contributed by atoms with Crippen molar-refractivity contribution < 1.29 is 19.2 Å². The molecule has 1 atom stereocenters. The number of nitrogens with zero attached hydrogens (tertiary/aromatic N) is 3. The van der Waals surface area contributed by atoms with Crippen LogP contribution in [0.2, 0.25) is 5.02 Å². The minimum absolute atomic E-state index is 0.00847. The third-order valence-electron chi connectivity index (χ3n) is 3.94. The summed E-state index contributed by atoms with van der Waals surface area (Å²) in [6, 6.07) is 10.9. The van der Waals surface area contributed by atoms with Gasteiger partial charge in [0.25, 0.3) is 11.6 Å². The Hall–Kier alpha value is -3.85. The van der Waals surface area contributed by atoms with Crippen LogP contribution in [0, 0.1) is 10.1 Å². The molecule has 10 heteroatoms. The Kier molecular flexibility index (Phi) is 6.33. The van der Waals surface area contributed by atoms with Gasteiger partial charge < -0.3 is 10.1 Å². The van der Waals surface area contributed by atoms with Crippen LogP contribution in [0.3, 0.4) is 0 Å². The van der Waals surface area contributed by atoms with Crippen LogP contribution in [-0.2, 0) is 14.3 Å². The molecule has 0 fully saturated rings. The predicted molar refractivity (Wildman–Crippen MR) is 111 cm³/mol. The van der Waals surface area contributed by atoms with Gasteiger partial charge in [-0.05, 0) is 31.2 Å². The first-order valence-corrected chi connectivity index (χ1v) is 9.06. The number of fused-ring (bicyclic) bond motifs is 1. The molecule has 9 nitrogen and oxygen atoms in total. The van der Waals surface area contributed by atoms with E-state index in [0.717, 1.165) is 17.7 Å². The summed E-state index contributed by atoms with van der Waals surface area (Å²) >= 11 is 5.94. The predicted octanol–water partition coefficient (Wildman–Crippen LogP) is 3.78. The number of anilines is 1. The highest BCUT2D eigenvalue weighted by molar-refractivity contribution is 6.34. The molecular weight excluding hydrogens is 412 g/mol. The molecule has 30 heavy (non-hydrogen) atoms. The number of halogens is 1. The fourth-order valence-electron chi connectivity index (χ4n) is 2.43. The smallest absolute Gasteiger partial charge is 0.331 e. The van der Waals surface area contributed by atoms with E-state index in [-0.39, 0.29) is 16.4 Å². The highest BCUT2D eigenvalue weighted by Gasteiger charge is 2.19. The van der Waals surface area contributed by atoms with Gasteiger partial charge in [-0.2, -0.15) is 0 Å². The number of hydrogen-bond donors (Lipinski definition) is 1. The van der Waals surface area contributed by atoms with Crippen LogP contribution >= 0.6 is 11.6 Å². The number of nitro benzene ring substituents is 1. The number of carbonyl (C=O) groups is 2. The van der Waals surface area contributed by atoms with Gasteiger partial charge in [0, 0.05) is 18.2 Å². The van der Waals surface area contributed by atoms with Crippen molar-refractivity contribution >= 4 is 52.0 Å². The first kappa shape index (κ1) is 20.9. The van der Waals surface area contributed by atoms with Gasteiger partial charge in [0.1, 0.15) is 0 Å². The van der Waals surface area contributed by atoms with E-state index in [2.05, 4.69) is 15.3 Å². The van der Waals surface area contributed by atoms with Crippen LogP contribution < -0.4 is 5.32 Å². The minimum atomic E-state index is -1.13. The number of aromatic nitrogens is 2. The normalized spacial score (nSPS) is 11.9. The number of hydrogen-bond acceptors (Lipinski definition) is 7. The number of benzene rings is 2. The van der Waals surface area contributed by atoms with Gasteiger partial charge in [-0.3, -0.25) is 19.9 Å². The molecule has 1 N–H and O–H groups in total. The summed E-state index contributed by atoms with van der Waals surface area (Å²) in [7, 11) is 0. The van der Waals surface area contributed by atoms with E-state index in [4.69, 9.17) is 16.3 Å². The SMILES string of the molecule is CC(OC(=O)C=Cc1cnc2ccccc2n1)C(=O)Nc1ccc([N+](=O)[O-])cc1Cl. The molecule has 1 unspecified atom stereocenters. The summed E-state index contributed by atoms with van der Waals surface area (Å²) in [4.78, 5) is 42.9. The number of para-hydroxylation sites is 2. The van der Waals surface area contributed by atoms with Gasteiger partial charge in [-0.1, -0.05) is 23.7 Å². The van der Waals surface area contributed by atoms with Gasteiger partial charge in [0.2, 0.25) is 0 Å². The fraction of sp³-hybridized carbons (Fsp3) is 0.100. The van der Waals surface area contributed by atoms with E-state index in [1.54, 1.807) is 6.07 Å². The quantitative estimate of drug-likeness (QED) is 0.275. The Bertz CT molecular complexity index is 1160. The maximum Gasteiger partial charge on any atom is 0.331 e. The summed E-state index contributed by atoms with van der Waals surface area (Å²) in [6.45, 7) is 1.39. The Morgan fingerprint density at radius 2 is 1.97 bits per heavy atom. The molecule has 0 spiro atoms. The average molecular weight is 427 g/mol. The van der Waals surface area contributed by atoms with Crippen molar-refractivity contribution in [1.29, 1.82) is 0 Å². The molecule has 0 aliphatic rings. The number of rotatable bonds is 6. The molecule has 2 aromatic carbocycles. The minimum Gasteiger partial charge on any atom is -0.449 e. The second kappa shape index (κ2) is 9.10. The molecule has 0 saturated carbocycles. The molecule has 0 aliphatic heterocycles. The third-order valence-corrected chi connectivity index (χ3v) is 4.25. The van der Waals surface area contributed by atoms with Gasteiger partial charge in [-0.15, -0.1) is 0 Å². The summed E-state index contributed by atoms with van der Waals surface area (Å²) in [6.07, 6.45) is 2.95. The highest BCUT2D eigenvalue weighted by Crippen LogP contribution is 2.26. The molecule has 3 aromatic rings. The standard InChI is InChI=1S/C20H15ClN4O5/c1-12(20(27)24-16-8-7-14(25(28)29)10-15(16)21)30-19(26)9-6-13-11-22-17-4-2-3-5-18(17)23-13/h2-12H,1H3,(H,24,27). The van der Waals surface area contributed by atoms with Crippen molar-refractivity contribution in [2.75, 3.05) is 5.32 Å². The molecule has 0 aliphatic carbocycles. The number of ether oxygens (including phenoxy) is 1. The molecule has 152 valence electrons. The van der Waals surface area contributed by atoms with Crippen molar-refractivity contribution in [3.63, 3.8) is 0 Å². The average Bonchev–Trinajstić information content (AvgIpc) is 2.73. The molecule has 0 bridgehead atoms. The zero-order chi connectivity index (χ0) is 21.7. The lowest BCUT2D eigenvalue weighted by atomic mass is 10.2. The topological polar surface area (TPSA) is 124 Å². The molecule has 3 rings (SSSR count). The molecular formula is C20H15ClN4O5. The monoisotopic (exact) mass is 426 g/mol. The van der Waals surface area contributed by atoms with Crippen molar-refractivity contribution in [1.82, 2.24) is 9.97 Å². The maximum atomic E-state index is 12.2. The van der Waals surface area contributed by atoms with Crippen LogP contribution in [0.4, 0.5) is 11.4 Å². The van der Waals surface area contributed by atoms with Crippen molar-refractivity contribution in [3.8, 4) is 0 Å². The lowest BCUT2D eigenvalue weighted by Crippen LogP contribution is -2.29. The number of nitrogens with one attached hydrogen (secondary N) is 1. The summed E-state index contributed by atoms with van der Waals surface area (Å²) < 4.78 is 5.06. The second-order valence-corrected chi connectivity index (χ2v) is 6.51. The van der Waals surface area contributed by atoms with Crippen LogP contribution in [0.1, 0.15) is 12.6 Å². The molecule has 1 aromatic heterocycles. The first-order valence-electron chi connectivity index (χ1n) is 8.69. The number of non-ortho nitro benzene ring substituents is 1. The highest BCUT2D eigenvalue weighted by atomic mass is 35.5. The third kappa shape index (κ3) is 5.15. The maximum absolute atomic E-state index is 12.2. The van der Waals surface area contributed by atoms with Crippen molar-refractivity contribution in [2.24, 2.45) is 0 Å². The summed E-state index contributed by atoms with van der Waals surface area (Å²) in [5, 5.41) is 13.2. The van der Waals surface area contributed by atoms with Gasteiger partial charge in [-0.25, -0.2) is 9.78 Å². The summed E-state index contributed by atoms with van der Waals surface area (Å²) in [5.74, 6) is -1.39. The van der Waals surface area contributed by atoms with Gasteiger partial charge in [0.05, 0.1) is 38.6 Å². The fourth-order valence-corrected chi connectivity index (χ4v) is 2.65. The number of amides is 1. The van der Waals surface area contributed by atoms with Crippen molar-refractivity contribution in [2.45, 2.75) is 13.0 Å². The molecule has 0 saturated heterocycles. The lowest BCUT2D eigenvalue weighted by Gasteiger charge is -2.13. The molecule has 0 radical (unpaired) electrons. The number of esters is 1. The number of carbonyl (C=O) groups excluding carboxylic acids is 2. The Morgan fingerprint density at radius 3 is 2.67 bits per heavy atom. The Balaban J connectivity index is 1.59.